The molecule has 2 aromatic rings. The van der Waals surface area contributed by atoms with Gasteiger partial charge in [0.05, 0.1) is 6.42 Å². The standard InChI is InChI=1S/C28H39NO2/c1-7-14-22(2)19-26(20-27(30)31-28(4,5)6)29(21-24-15-10-8-11-16-24)23(3)25-17-12-9-13-18-25/h7-18,22-23,26H,19-21H2,1-6H3/t22-,23?,26?/m1/s1. The van der Waals surface area contributed by atoms with Crippen LogP contribution < -0.4 is 0 Å². The average molecular weight is 422 g/mol. The van der Waals surface area contributed by atoms with E-state index in [9.17, 15) is 4.79 Å². The van der Waals surface area contributed by atoms with Gasteiger partial charge in [0, 0.05) is 18.6 Å². The van der Waals surface area contributed by atoms with Gasteiger partial charge in [0.15, 0.2) is 0 Å². The fraction of sp³-hybridized carbons (Fsp3) is 0.464. The second-order valence-corrected chi connectivity index (χ2v) is 9.43. The van der Waals surface area contributed by atoms with Gasteiger partial charge in [0.2, 0.25) is 0 Å². The van der Waals surface area contributed by atoms with Gasteiger partial charge in [-0.15, -0.1) is 0 Å². The third-order valence-electron chi connectivity index (χ3n) is 5.44. The molecule has 0 aliphatic rings. The van der Waals surface area contributed by atoms with Crippen molar-refractivity contribution in [3.63, 3.8) is 0 Å². The second-order valence-electron chi connectivity index (χ2n) is 9.43. The average Bonchev–Trinajstić information content (AvgIpc) is 2.71. The van der Waals surface area contributed by atoms with E-state index in [0.717, 1.165) is 13.0 Å². The van der Waals surface area contributed by atoms with Crippen LogP contribution in [0.4, 0.5) is 0 Å². The fourth-order valence-electron chi connectivity index (χ4n) is 4.05. The molecule has 0 amide bonds. The maximum Gasteiger partial charge on any atom is 0.307 e. The van der Waals surface area contributed by atoms with E-state index in [-0.39, 0.29) is 18.1 Å². The van der Waals surface area contributed by atoms with Gasteiger partial charge in [0.25, 0.3) is 0 Å². The number of benzene rings is 2. The molecule has 0 saturated heterocycles. The predicted octanol–water partition coefficient (Wildman–Crippen LogP) is 6.95. The molecule has 0 aliphatic heterocycles. The molecular formula is C28H39NO2. The van der Waals surface area contributed by atoms with E-state index in [1.807, 2.05) is 39.8 Å². The SMILES string of the molecule is CC=C[C@@H](C)CC(CC(=O)OC(C)(C)C)N(Cc1ccccc1)C(C)c1ccccc1. The Bertz CT molecular complexity index is 808. The van der Waals surface area contributed by atoms with E-state index in [1.165, 1.54) is 11.1 Å². The number of allylic oxidation sites excluding steroid dienone is 2. The van der Waals surface area contributed by atoms with Crippen LogP contribution in [0.2, 0.25) is 0 Å². The van der Waals surface area contributed by atoms with Crippen molar-refractivity contribution in [1.29, 1.82) is 0 Å². The van der Waals surface area contributed by atoms with E-state index in [1.54, 1.807) is 0 Å². The van der Waals surface area contributed by atoms with Crippen molar-refractivity contribution in [1.82, 2.24) is 4.90 Å². The normalized spacial score (nSPS) is 15.1. The lowest BCUT2D eigenvalue weighted by atomic mass is 9.94. The van der Waals surface area contributed by atoms with Gasteiger partial charge < -0.3 is 4.74 Å². The monoisotopic (exact) mass is 421 g/mol. The Morgan fingerprint density at radius 3 is 2.13 bits per heavy atom. The summed E-state index contributed by atoms with van der Waals surface area (Å²) in [7, 11) is 0. The summed E-state index contributed by atoms with van der Waals surface area (Å²) in [6.45, 7) is 13.1. The molecule has 2 unspecified atom stereocenters. The van der Waals surface area contributed by atoms with Crippen LogP contribution in [0.1, 0.15) is 71.6 Å². The van der Waals surface area contributed by atoms with Crippen LogP contribution in [0.5, 0.6) is 0 Å². The summed E-state index contributed by atoms with van der Waals surface area (Å²) in [5.41, 5.74) is 2.02. The third kappa shape index (κ3) is 8.70. The van der Waals surface area contributed by atoms with Crippen LogP contribution in [0, 0.1) is 5.92 Å². The van der Waals surface area contributed by atoms with Crippen molar-refractivity contribution in [2.24, 2.45) is 5.92 Å². The lowest BCUT2D eigenvalue weighted by molar-refractivity contribution is -0.156. The minimum Gasteiger partial charge on any atom is -0.460 e. The molecule has 3 heteroatoms. The molecule has 31 heavy (non-hydrogen) atoms. The molecule has 3 atom stereocenters. The summed E-state index contributed by atoms with van der Waals surface area (Å²) >= 11 is 0. The Labute approximate surface area is 189 Å². The first kappa shape index (κ1) is 24.9. The number of carbonyl (C=O) groups excluding carboxylic acids is 1. The van der Waals surface area contributed by atoms with E-state index >= 15 is 0 Å². The topological polar surface area (TPSA) is 29.5 Å². The number of carbonyl (C=O) groups is 1. The zero-order valence-corrected chi connectivity index (χ0v) is 20.0. The first-order valence-electron chi connectivity index (χ1n) is 11.4. The number of ether oxygens (including phenoxy) is 1. The molecule has 0 radical (unpaired) electrons. The summed E-state index contributed by atoms with van der Waals surface area (Å²) in [4.78, 5) is 15.3. The van der Waals surface area contributed by atoms with Crippen LogP contribution in [0.3, 0.4) is 0 Å². The molecule has 3 nitrogen and oxygen atoms in total. The van der Waals surface area contributed by atoms with Gasteiger partial charge in [-0.1, -0.05) is 79.7 Å². The summed E-state index contributed by atoms with van der Waals surface area (Å²) in [6, 6.07) is 21.3. The molecule has 0 spiro atoms. The second kappa shape index (κ2) is 11.9. The molecule has 0 N–H and O–H groups in total. The van der Waals surface area contributed by atoms with Crippen LogP contribution in [-0.2, 0) is 16.1 Å². The predicted molar refractivity (Wildman–Crippen MR) is 130 cm³/mol. The summed E-state index contributed by atoms with van der Waals surface area (Å²) in [6.07, 6.45) is 5.59. The van der Waals surface area contributed by atoms with Crippen molar-refractivity contribution < 1.29 is 9.53 Å². The van der Waals surface area contributed by atoms with Crippen molar-refractivity contribution in [2.75, 3.05) is 0 Å². The minimum atomic E-state index is -0.480. The number of rotatable bonds is 10. The molecule has 0 aliphatic carbocycles. The highest BCUT2D eigenvalue weighted by Crippen LogP contribution is 2.30. The molecule has 168 valence electrons. The largest absolute Gasteiger partial charge is 0.460 e. The van der Waals surface area contributed by atoms with E-state index < -0.39 is 5.60 Å². The van der Waals surface area contributed by atoms with Crippen LogP contribution in [0.15, 0.2) is 72.8 Å². The first-order valence-corrected chi connectivity index (χ1v) is 11.4. The third-order valence-corrected chi connectivity index (χ3v) is 5.44. The molecule has 0 bridgehead atoms. The maximum atomic E-state index is 12.9. The number of esters is 1. The van der Waals surface area contributed by atoms with Gasteiger partial charge >= 0.3 is 5.97 Å². The summed E-state index contributed by atoms with van der Waals surface area (Å²) in [5.74, 6) is 0.238. The first-order chi connectivity index (χ1) is 14.7. The summed E-state index contributed by atoms with van der Waals surface area (Å²) < 4.78 is 5.71. The summed E-state index contributed by atoms with van der Waals surface area (Å²) in [5, 5.41) is 0. The highest BCUT2D eigenvalue weighted by atomic mass is 16.6. The molecule has 2 rings (SSSR count). The van der Waals surface area contributed by atoms with E-state index in [2.05, 4.69) is 79.4 Å². The minimum absolute atomic E-state index is 0.0662. The van der Waals surface area contributed by atoms with Crippen molar-refractivity contribution in [3.8, 4) is 0 Å². The van der Waals surface area contributed by atoms with E-state index in [0.29, 0.717) is 12.3 Å². The van der Waals surface area contributed by atoms with Gasteiger partial charge in [-0.25, -0.2) is 0 Å². The van der Waals surface area contributed by atoms with Gasteiger partial charge in [-0.2, -0.15) is 0 Å². The van der Waals surface area contributed by atoms with Gasteiger partial charge in [-0.3, -0.25) is 9.69 Å². The lowest BCUT2D eigenvalue weighted by Crippen LogP contribution is -2.40. The van der Waals surface area contributed by atoms with E-state index in [4.69, 9.17) is 4.74 Å². The fourth-order valence-corrected chi connectivity index (χ4v) is 4.05. The lowest BCUT2D eigenvalue weighted by Gasteiger charge is -2.38. The number of nitrogens with zero attached hydrogens (tertiary/aromatic N) is 1. The Kier molecular flexibility index (Phi) is 9.51. The Balaban J connectivity index is 2.37. The zero-order chi connectivity index (χ0) is 22.9. The zero-order valence-electron chi connectivity index (χ0n) is 20.0. The number of hydrogen-bond donors (Lipinski definition) is 0. The van der Waals surface area contributed by atoms with Crippen LogP contribution in [-0.4, -0.2) is 22.5 Å². The van der Waals surface area contributed by atoms with Crippen molar-refractivity contribution in [2.45, 2.75) is 78.6 Å². The maximum absolute atomic E-state index is 12.9. The highest BCUT2D eigenvalue weighted by Gasteiger charge is 2.29. The number of hydrogen-bond acceptors (Lipinski definition) is 3. The quantitative estimate of drug-likeness (QED) is 0.307. The molecule has 0 aromatic heterocycles. The van der Waals surface area contributed by atoms with Crippen molar-refractivity contribution >= 4 is 5.97 Å². The molecular weight excluding hydrogens is 382 g/mol. The van der Waals surface area contributed by atoms with Crippen LogP contribution in [0.25, 0.3) is 0 Å². The molecule has 0 fully saturated rings. The molecule has 0 heterocycles. The Hall–Kier alpha value is -2.39. The Morgan fingerprint density at radius 2 is 1.58 bits per heavy atom. The Morgan fingerprint density at radius 1 is 1.00 bits per heavy atom. The smallest absolute Gasteiger partial charge is 0.307 e. The molecule has 2 aromatic carbocycles. The van der Waals surface area contributed by atoms with Crippen LogP contribution >= 0.6 is 0 Å². The highest BCUT2D eigenvalue weighted by molar-refractivity contribution is 5.70. The van der Waals surface area contributed by atoms with Crippen molar-refractivity contribution in [3.05, 3.63) is 83.9 Å². The molecule has 0 saturated carbocycles. The van der Waals surface area contributed by atoms with Gasteiger partial charge in [0.1, 0.15) is 5.60 Å². The van der Waals surface area contributed by atoms with Gasteiger partial charge in [-0.05, 0) is 58.1 Å².